The first kappa shape index (κ1) is 18.4. The first-order chi connectivity index (χ1) is 13.3. The maximum Gasteiger partial charge on any atom is 0.165 e. The van der Waals surface area contributed by atoms with E-state index in [-0.39, 0.29) is 16.9 Å². The number of rotatable bonds is 1. The van der Waals surface area contributed by atoms with Crippen molar-refractivity contribution in [3.05, 3.63) is 35.2 Å². The van der Waals surface area contributed by atoms with Crippen molar-refractivity contribution in [3.8, 4) is 0 Å². The summed E-state index contributed by atoms with van der Waals surface area (Å²) >= 11 is 0. The van der Waals surface area contributed by atoms with Crippen LogP contribution in [0.4, 0.5) is 0 Å². The summed E-state index contributed by atoms with van der Waals surface area (Å²) in [5.41, 5.74) is 3.54. The minimum absolute atomic E-state index is 0.160. The van der Waals surface area contributed by atoms with Crippen molar-refractivity contribution in [2.75, 3.05) is 0 Å². The Morgan fingerprint density at radius 2 is 1.96 bits per heavy atom. The topological polar surface area (TPSA) is 55.1 Å². The molecule has 0 amide bonds. The highest BCUT2D eigenvalue weighted by Gasteiger charge is 2.59. The molecular formula is C24H32N2O2. The van der Waals surface area contributed by atoms with Gasteiger partial charge in [0.2, 0.25) is 0 Å². The van der Waals surface area contributed by atoms with Crippen LogP contribution in [-0.4, -0.2) is 26.8 Å². The van der Waals surface area contributed by atoms with E-state index >= 15 is 0 Å². The van der Waals surface area contributed by atoms with E-state index in [2.05, 4.69) is 31.1 Å². The molecule has 1 heterocycles. The lowest BCUT2D eigenvalue weighted by molar-refractivity contribution is -0.130. The molecule has 1 N–H and O–H groups in total. The number of fused-ring (bicyclic) bond motifs is 5. The van der Waals surface area contributed by atoms with E-state index in [4.69, 9.17) is 0 Å². The molecule has 1 aromatic heterocycles. The van der Waals surface area contributed by atoms with Crippen molar-refractivity contribution in [2.24, 2.45) is 35.6 Å². The van der Waals surface area contributed by atoms with Gasteiger partial charge in [-0.15, -0.1) is 0 Å². The Balaban J connectivity index is 1.48. The summed E-state index contributed by atoms with van der Waals surface area (Å²) in [4.78, 5) is 13.4. The van der Waals surface area contributed by atoms with Crippen LogP contribution in [0.3, 0.4) is 0 Å². The third kappa shape index (κ3) is 2.53. The van der Waals surface area contributed by atoms with Gasteiger partial charge in [0.05, 0.1) is 12.3 Å². The molecule has 5 rings (SSSR count). The summed E-state index contributed by atoms with van der Waals surface area (Å²) in [7, 11) is 1.91. The smallest absolute Gasteiger partial charge is 0.165 e. The lowest BCUT2D eigenvalue weighted by Crippen LogP contribution is -2.50. The van der Waals surface area contributed by atoms with Crippen LogP contribution in [0.5, 0.6) is 0 Å². The van der Waals surface area contributed by atoms with E-state index in [0.29, 0.717) is 23.5 Å². The van der Waals surface area contributed by atoms with Crippen LogP contribution in [0.25, 0.3) is 6.08 Å². The molecule has 4 heteroatoms. The highest BCUT2D eigenvalue weighted by atomic mass is 16.3. The molecule has 0 saturated heterocycles. The van der Waals surface area contributed by atoms with Crippen LogP contribution in [0.2, 0.25) is 0 Å². The predicted octanol–water partition coefficient (Wildman–Crippen LogP) is 4.31. The fourth-order valence-electron chi connectivity index (χ4n) is 7.16. The van der Waals surface area contributed by atoms with Crippen molar-refractivity contribution >= 4 is 11.9 Å². The molecule has 0 unspecified atom stereocenters. The number of aliphatic hydroxyl groups is 1. The molecule has 4 nitrogen and oxygen atoms in total. The van der Waals surface area contributed by atoms with Crippen molar-refractivity contribution < 1.29 is 9.90 Å². The van der Waals surface area contributed by atoms with Gasteiger partial charge in [-0.1, -0.05) is 25.5 Å². The normalized spacial score (nSPS) is 44.1. The maximum absolute atomic E-state index is 13.4. The van der Waals surface area contributed by atoms with Gasteiger partial charge in [0.25, 0.3) is 0 Å². The van der Waals surface area contributed by atoms with Crippen LogP contribution in [-0.2, 0) is 11.8 Å². The largest absolute Gasteiger partial charge is 0.393 e. The number of allylic oxidation sites excluding steroid dienone is 2. The number of aryl methyl sites for hydroxylation is 1. The molecule has 3 fully saturated rings. The Labute approximate surface area is 167 Å². The molecule has 0 aliphatic heterocycles. The summed E-state index contributed by atoms with van der Waals surface area (Å²) in [6.07, 6.45) is 15.2. The van der Waals surface area contributed by atoms with Crippen molar-refractivity contribution in [3.63, 3.8) is 0 Å². The number of carbonyl (C=O) groups is 1. The standard InChI is InChI=1S/C24H32N2O2/c1-23-8-6-18(27)12-17(23)4-5-19-20(23)7-9-24(2)21(19)11-16(22(24)28)10-15-13-25-26(3)14-15/h4,10,13-14,18-21,27H,5-9,11-12H2,1-3H3/b16-10-/t18-,19+,20-,21-,23+,24+/m1/s1. The zero-order valence-electron chi connectivity index (χ0n) is 17.3. The number of aromatic nitrogens is 2. The summed E-state index contributed by atoms with van der Waals surface area (Å²) in [5, 5.41) is 14.4. The second kappa shape index (κ2) is 6.16. The highest BCUT2D eigenvalue weighted by Crippen LogP contribution is 2.64. The molecule has 0 radical (unpaired) electrons. The fraction of sp³-hybridized carbons (Fsp3) is 0.667. The third-order valence-electron chi connectivity index (χ3n) is 8.78. The van der Waals surface area contributed by atoms with Gasteiger partial charge in [0.15, 0.2) is 5.78 Å². The Morgan fingerprint density at radius 1 is 1.18 bits per heavy atom. The number of Topliss-reactive ketones (excluding diaryl/α,β-unsaturated/α-hetero) is 1. The zero-order chi connectivity index (χ0) is 19.7. The van der Waals surface area contributed by atoms with Crippen molar-refractivity contribution in [1.29, 1.82) is 0 Å². The van der Waals surface area contributed by atoms with E-state index in [9.17, 15) is 9.90 Å². The molecule has 0 spiro atoms. The molecule has 0 bridgehead atoms. The summed E-state index contributed by atoms with van der Waals surface area (Å²) in [5.74, 6) is 2.07. The Bertz CT molecular complexity index is 881. The molecule has 4 aliphatic rings. The van der Waals surface area contributed by atoms with E-state index in [1.165, 1.54) is 5.57 Å². The minimum Gasteiger partial charge on any atom is -0.393 e. The van der Waals surface area contributed by atoms with Gasteiger partial charge in [-0.2, -0.15) is 5.10 Å². The van der Waals surface area contributed by atoms with E-state index < -0.39 is 0 Å². The number of aliphatic hydroxyl groups excluding tert-OH is 1. The number of hydrogen-bond acceptors (Lipinski definition) is 3. The van der Waals surface area contributed by atoms with Crippen LogP contribution in [0, 0.1) is 28.6 Å². The Morgan fingerprint density at radius 3 is 2.71 bits per heavy atom. The van der Waals surface area contributed by atoms with Gasteiger partial charge in [0, 0.05) is 24.2 Å². The van der Waals surface area contributed by atoms with Crippen molar-refractivity contribution in [2.45, 2.75) is 64.9 Å². The quantitative estimate of drug-likeness (QED) is 0.583. The van der Waals surface area contributed by atoms with Crippen LogP contribution >= 0.6 is 0 Å². The monoisotopic (exact) mass is 380 g/mol. The first-order valence-corrected chi connectivity index (χ1v) is 10.9. The molecule has 1 aromatic rings. The maximum atomic E-state index is 13.4. The summed E-state index contributed by atoms with van der Waals surface area (Å²) in [6, 6.07) is 0. The Kier molecular flexibility index (Phi) is 4.04. The number of hydrogen-bond donors (Lipinski definition) is 1. The second-order valence-electron chi connectivity index (χ2n) is 10.3. The first-order valence-electron chi connectivity index (χ1n) is 10.9. The molecule has 4 aliphatic carbocycles. The van der Waals surface area contributed by atoms with Gasteiger partial charge in [-0.25, -0.2) is 0 Å². The number of ketones is 1. The van der Waals surface area contributed by atoms with Gasteiger partial charge < -0.3 is 5.11 Å². The highest BCUT2D eigenvalue weighted by molar-refractivity contribution is 6.05. The minimum atomic E-state index is -0.203. The average Bonchev–Trinajstić information content (AvgIpc) is 3.18. The lowest BCUT2D eigenvalue weighted by Gasteiger charge is -2.56. The average molecular weight is 381 g/mol. The summed E-state index contributed by atoms with van der Waals surface area (Å²) in [6.45, 7) is 4.67. The zero-order valence-corrected chi connectivity index (χ0v) is 17.3. The fourth-order valence-corrected chi connectivity index (χ4v) is 7.16. The van der Waals surface area contributed by atoms with E-state index in [1.54, 1.807) is 4.68 Å². The van der Waals surface area contributed by atoms with Crippen LogP contribution in [0.15, 0.2) is 29.6 Å². The molecule has 0 aromatic carbocycles. The molecule has 6 atom stereocenters. The second-order valence-corrected chi connectivity index (χ2v) is 10.3. The summed E-state index contributed by atoms with van der Waals surface area (Å²) < 4.78 is 1.79. The molecule has 28 heavy (non-hydrogen) atoms. The van der Waals surface area contributed by atoms with Gasteiger partial charge >= 0.3 is 0 Å². The lowest BCUT2D eigenvalue weighted by atomic mass is 9.48. The van der Waals surface area contributed by atoms with E-state index in [1.807, 2.05) is 19.4 Å². The number of nitrogens with zero attached hydrogens (tertiary/aromatic N) is 2. The van der Waals surface area contributed by atoms with Gasteiger partial charge in [0.1, 0.15) is 0 Å². The predicted molar refractivity (Wildman–Crippen MR) is 109 cm³/mol. The number of carbonyl (C=O) groups excluding carboxylic acids is 1. The molecule has 3 saturated carbocycles. The van der Waals surface area contributed by atoms with Crippen LogP contribution < -0.4 is 0 Å². The van der Waals surface area contributed by atoms with Gasteiger partial charge in [-0.3, -0.25) is 9.48 Å². The Hall–Kier alpha value is -1.68. The van der Waals surface area contributed by atoms with E-state index in [0.717, 1.165) is 56.1 Å². The molecular weight excluding hydrogens is 348 g/mol. The van der Waals surface area contributed by atoms with Crippen LogP contribution in [0.1, 0.15) is 64.4 Å². The van der Waals surface area contributed by atoms with Crippen molar-refractivity contribution in [1.82, 2.24) is 9.78 Å². The SMILES string of the molecule is Cn1cc(/C=C2/C[C@@H]3[C@H]4CC=C5C[C@H](O)CC[C@]5(C)[C@@H]4CC[C@]3(C)C2=O)cn1. The molecule has 150 valence electrons. The third-order valence-corrected chi connectivity index (χ3v) is 8.78. The van der Waals surface area contributed by atoms with Gasteiger partial charge in [-0.05, 0) is 79.8 Å².